The number of hydrogen-bond acceptors (Lipinski definition) is 3. The van der Waals surface area contributed by atoms with E-state index in [9.17, 15) is 9.18 Å². The molecule has 0 aliphatic heterocycles. The summed E-state index contributed by atoms with van der Waals surface area (Å²) in [7, 11) is 0. The fourth-order valence-electron chi connectivity index (χ4n) is 1.73. The molecule has 0 radical (unpaired) electrons. The van der Waals surface area contributed by atoms with Crippen LogP contribution in [0.1, 0.15) is 15.9 Å². The smallest absolute Gasteiger partial charge is 0.257 e. The molecule has 0 aromatic heterocycles. The van der Waals surface area contributed by atoms with Crippen molar-refractivity contribution in [1.82, 2.24) is 0 Å². The first kappa shape index (κ1) is 13.0. The fraction of sp³-hybridized carbons (Fsp3) is 0.0714. The number of nitrogens with two attached hydrogens (primary N) is 1. The molecule has 0 bridgehead atoms. The van der Waals surface area contributed by atoms with Crippen molar-refractivity contribution in [3.8, 4) is 0 Å². The highest BCUT2D eigenvalue weighted by Gasteiger charge is 2.12. The van der Waals surface area contributed by atoms with Crippen LogP contribution in [0.4, 0.5) is 15.8 Å². The highest BCUT2D eigenvalue weighted by atomic mass is 19.1. The molecule has 2 rings (SSSR count). The summed E-state index contributed by atoms with van der Waals surface area (Å²) in [6.45, 7) is 1.82. The molecule has 98 valence electrons. The molecule has 19 heavy (non-hydrogen) atoms. The van der Waals surface area contributed by atoms with Crippen molar-refractivity contribution < 1.29 is 9.18 Å². The molecule has 0 spiro atoms. The van der Waals surface area contributed by atoms with E-state index in [-0.39, 0.29) is 5.69 Å². The van der Waals surface area contributed by atoms with Crippen LogP contribution >= 0.6 is 0 Å². The van der Waals surface area contributed by atoms with E-state index < -0.39 is 11.7 Å². The zero-order valence-electron chi connectivity index (χ0n) is 10.4. The van der Waals surface area contributed by atoms with Crippen LogP contribution in [0.5, 0.6) is 0 Å². The molecule has 0 saturated heterocycles. The van der Waals surface area contributed by atoms with Crippen molar-refractivity contribution in [1.29, 1.82) is 0 Å². The van der Waals surface area contributed by atoms with Gasteiger partial charge in [0, 0.05) is 0 Å². The van der Waals surface area contributed by atoms with Crippen LogP contribution in [0.25, 0.3) is 0 Å². The number of amides is 1. The molecule has 2 aromatic rings. The third-order valence-corrected chi connectivity index (χ3v) is 2.70. The highest BCUT2D eigenvalue weighted by Crippen LogP contribution is 2.19. The van der Waals surface area contributed by atoms with Crippen LogP contribution in [-0.4, -0.2) is 5.91 Å². The molecule has 0 aliphatic rings. The molecule has 2 aromatic carbocycles. The monoisotopic (exact) mass is 259 g/mol. The zero-order chi connectivity index (χ0) is 13.8. The maximum atomic E-state index is 13.6. The lowest BCUT2D eigenvalue weighted by Crippen LogP contribution is -2.17. The molecular formula is C14H14FN3O. The van der Waals surface area contributed by atoms with Gasteiger partial charge in [0.15, 0.2) is 0 Å². The minimum atomic E-state index is -0.475. The molecule has 4 N–H and O–H groups in total. The second-order valence-corrected chi connectivity index (χ2v) is 4.13. The second kappa shape index (κ2) is 5.49. The average Bonchev–Trinajstić information content (AvgIpc) is 2.42. The van der Waals surface area contributed by atoms with Gasteiger partial charge in [-0.15, -0.1) is 0 Å². The van der Waals surface area contributed by atoms with Gasteiger partial charge in [0.25, 0.3) is 5.91 Å². The molecule has 0 atom stereocenters. The average molecular weight is 259 g/mol. The number of hydrogen-bond donors (Lipinski definition) is 3. The van der Waals surface area contributed by atoms with Crippen LogP contribution in [0, 0.1) is 12.7 Å². The predicted octanol–water partition coefficient (Wildman–Crippen LogP) is 2.67. The van der Waals surface area contributed by atoms with Gasteiger partial charge in [0.2, 0.25) is 0 Å². The van der Waals surface area contributed by atoms with Crippen LogP contribution in [0.15, 0.2) is 42.5 Å². The lowest BCUT2D eigenvalue weighted by Gasteiger charge is -2.10. The Bertz CT molecular complexity index is 613. The Labute approximate surface area is 110 Å². The van der Waals surface area contributed by atoms with Gasteiger partial charge < -0.3 is 10.7 Å². The van der Waals surface area contributed by atoms with Gasteiger partial charge in [-0.05, 0) is 36.8 Å². The number of halogens is 1. The fourth-order valence-corrected chi connectivity index (χ4v) is 1.73. The Kier molecular flexibility index (Phi) is 3.77. The number of nitrogen functional groups attached to an aromatic ring is 1. The second-order valence-electron chi connectivity index (χ2n) is 4.13. The van der Waals surface area contributed by atoms with Crippen molar-refractivity contribution in [2.45, 2.75) is 6.92 Å². The van der Waals surface area contributed by atoms with E-state index in [1.165, 1.54) is 6.07 Å². The summed E-state index contributed by atoms with van der Waals surface area (Å²) in [5, 5.41) is 2.53. The first-order chi connectivity index (χ1) is 9.11. The first-order valence-corrected chi connectivity index (χ1v) is 5.75. The number of rotatable bonds is 3. The van der Waals surface area contributed by atoms with E-state index in [4.69, 9.17) is 5.84 Å². The summed E-state index contributed by atoms with van der Waals surface area (Å²) in [4.78, 5) is 12.1. The molecular weight excluding hydrogens is 245 g/mol. The molecule has 4 nitrogen and oxygen atoms in total. The van der Waals surface area contributed by atoms with Crippen molar-refractivity contribution in [2.75, 3.05) is 10.7 Å². The third kappa shape index (κ3) is 2.89. The van der Waals surface area contributed by atoms with E-state index in [0.717, 1.165) is 5.56 Å². The summed E-state index contributed by atoms with van der Waals surface area (Å²) in [6.07, 6.45) is 0. The Morgan fingerprint density at radius 2 is 1.89 bits per heavy atom. The van der Waals surface area contributed by atoms with Gasteiger partial charge in [-0.2, -0.15) is 0 Å². The molecule has 0 heterocycles. The predicted molar refractivity (Wildman–Crippen MR) is 73.3 cm³/mol. The number of nitrogens with one attached hydrogen (secondary N) is 2. The maximum absolute atomic E-state index is 13.6. The van der Waals surface area contributed by atoms with Crippen molar-refractivity contribution >= 4 is 17.3 Å². The third-order valence-electron chi connectivity index (χ3n) is 2.70. The van der Waals surface area contributed by atoms with E-state index in [0.29, 0.717) is 11.3 Å². The summed E-state index contributed by atoms with van der Waals surface area (Å²) < 4.78 is 13.6. The van der Waals surface area contributed by atoms with E-state index >= 15 is 0 Å². The van der Waals surface area contributed by atoms with Gasteiger partial charge in [-0.1, -0.05) is 18.2 Å². The zero-order valence-corrected chi connectivity index (χ0v) is 10.4. The molecule has 0 saturated carbocycles. The summed E-state index contributed by atoms with van der Waals surface area (Å²) in [5.41, 5.74) is 4.28. The van der Waals surface area contributed by atoms with Crippen LogP contribution in [0.3, 0.4) is 0 Å². The summed E-state index contributed by atoms with van der Waals surface area (Å²) >= 11 is 0. The Hall–Kier alpha value is -2.40. The van der Waals surface area contributed by atoms with Gasteiger partial charge in [0.05, 0.1) is 16.9 Å². The van der Waals surface area contributed by atoms with Gasteiger partial charge >= 0.3 is 0 Å². The van der Waals surface area contributed by atoms with Gasteiger partial charge in [-0.3, -0.25) is 10.6 Å². The highest BCUT2D eigenvalue weighted by molar-refractivity contribution is 6.08. The Balaban J connectivity index is 2.28. The molecule has 1 amide bonds. The molecule has 5 heteroatoms. The topological polar surface area (TPSA) is 67.2 Å². The standard InChI is InChI=1S/C14H14FN3O/c1-9-6-7-11(15)13(8-9)17-14(19)10-4-2-3-5-12(10)18-16/h2-8,18H,16H2,1H3,(H,17,19). The van der Waals surface area contributed by atoms with E-state index in [2.05, 4.69) is 10.7 Å². The summed E-state index contributed by atoms with van der Waals surface area (Å²) in [5.74, 6) is 4.44. The molecule has 0 unspecified atom stereocenters. The number of aryl methyl sites for hydroxylation is 1. The summed E-state index contributed by atoms with van der Waals surface area (Å²) in [6, 6.07) is 11.3. The van der Waals surface area contributed by atoms with Crippen LogP contribution < -0.4 is 16.6 Å². The number of benzene rings is 2. The number of carbonyl (C=O) groups is 1. The largest absolute Gasteiger partial charge is 0.323 e. The SMILES string of the molecule is Cc1ccc(F)c(NC(=O)c2ccccc2NN)c1. The van der Waals surface area contributed by atoms with Gasteiger partial charge in [0.1, 0.15) is 5.82 Å². The van der Waals surface area contributed by atoms with E-state index in [1.54, 1.807) is 36.4 Å². The normalized spacial score (nSPS) is 10.1. The van der Waals surface area contributed by atoms with Crippen molar-refractivity contribution in [3.05, 3.63) is 59.4 Å². The number of hydrazine groups is 1. The molecule has 0 aliphatic carbocycles. The Morgan fingerprint density at radius 3 is 2.63 bits per heavy atom. The first-order valence-electron chi connectivity index (χ1n) is 5.75. The van der Waals surface area contributed by atoms with Crippen LogP contribution in [-0.2, 0) is 0 Å². The van der Waals surface area contributed by atoms with Crippen molar-refractivity contribution in [2.24, 2.45) is 5.84 Å². The van der Waals surface area contributed by atoms with Gasteiger partial charge in [-0.25, -0.2) is 4.39 Å². The lowest BCUT2D eigenvalue weighted by atomic mass is 10.1. The Morgan fingerprint density at radius 1 is 1.16 bits per heavy atom. The number of anilines is 2. The van der Waals surface area contributed by atoms with E-state index in [1.807, 2.05) is 6.92 Å². The van der Waals surface area contributed by atoms with Crippen LogP contribution in [0.2, 0.25) is 0 Å². The number of carbonyl (C=O) groups excluding carboxylic acids is 1. The molecule has 0 fully saturated rings. The quantitative estimate of drug-likeness (QED) is 0.586. The lowest BCUT2D eigenvalue weighted by molar-refractivity contribution is 0.102. The number of para-hydroxylation sites is 1. The minimum Gasteiger partial charge on any atom is -0.323 e. The van der Waals surface area contributed by atoms with Crippen molar-refractivity contribution in [3.63, 3.8) is 0 Å². The maximum Gasteiger partial charge on any atom is 0.257 e. The minimum absolute atomic E-state index is 0.150.